The predicted molar refractivity (Wildman–Crippen MR) is 128 cm³/mol. The molecule has 0 fully saturated rings. The van der Waals surface area contributed by atoms with Crippen molar-refractivity contribution in [3.63, 3.8) is 0 Å². The number of urea groups is 1. The summed E-state index contributed by atoms with van der Waals surface area (Å²) in [4.78, 5) is 19.2. The number of hydrogen-bond acceptors (Lipinski definition) is 5. The topological polar surface area (TPSA) is 80.5 Å². The van der Waals surface area contributed by atoms with Gasteiger partial charge in [0, 0.05) is 17.8 Å². The first-order valence-corrected chi connectivity index (χ1v) is 11.0. The van der Waals surface area contributed by atoms with Gasteiger partial charge >= 0.3 is 6.03 Å². The maximum absolute atomic E-state index is 12.9. The lowest BCUT2D eigenvalue weighted by atomic mass is 9.92. The number of ether oxygens (including phenoxy) is 1. The molecule has 1 aliphatic rings. The second-order valence-electron chi connectivity index (χ2n) is 8.01. The highest BCUT2D eigenvalue weighted by Crippen LogP contribution is 2.37. The highest BCUT2D eigenvalue weighted by Gasteiger charge is 2.35. The van der Waals surface area contributed by atoms with Crippen molar-refractivity contribution in [2.24, 2.45) is 0 Å². The molecular formula is C26H28N4O3. The molecule has 1 unspecified atom stereocenters. The Bertz CT molecular complexity index is 1210. The average molecular weight is 445 g/mol. The fourth-order valence-electron chi connectivity index (χ4n) is 3.92. The molecule has 1 aromatic heterocycles. The third kappa shape index (κ3) is 4.39. The SMILES string of the molecule is C=CCN1C(=O)NC(c2ccc(C)c(C)c2)C(c2nc(-c3ccc(OCC)cc3)no2)=C1C. The van der Waals surface area contributed by atoms with Gasteiger partial charge in [-0.25, -0.2) is 4.79 Å². The van der Waals surface area contributed by atoms with Crippen LogP contribution in [-0.4, -0.2) is 34.2 Å². The van der Waals surface area contributed by atoms with E-state index in [2.05, 4.69) is 48.0 Å². The molecule has 0 saturated carbocycles. The third-order valence-corrected chi connectivity index (χ3v) is 5.85. The van der Waals surface area contributed by atoms with Crippen LogP contribution in [0.3, 0.4) is 0 Å². The summed E-state index contributed by atoms with van der Waals surface area (Å²) < 4.78 is 11.2. The Kier molecular flexibility index (Phi) is 6.31. The molecule has 170 valence electrons. The monoisotopic (exact) mass is 444 g/mol. The zero-order chi connectivity index (χ0) is 23.5. The summed E-state index contributed by atoms with van der Waals surface area (Å²) in [5.74, 6) is 1.63. The van der Waals surface area contributed by atoms with Crippen LogP contribution in [0.2, 0.25) is 0 Å². The number of nitrogens with one attached hydrogen (secondary N) is 1. The molecule has 1 atom stereocenters. The Morgan fingerprint density at radius 3 is 2.58 bits per heavy atom. The smallest absolute Gasteiger partial charge is 0.322 e. The van der Waals surface area contributed by atoms with E-state index >= 15 is 0 Å². The quantitative estimate of drug-likeness (QED) is 0.491. The molecule has 0 aliphatic carbocycles. The van der Waals surface area contributed by atoms with E-state index in [0.29, 0.717) is 24.9 Å². The molecule has 0 spiro atoms. The summed E-state index contributed by atoms with van der Waals surface area (Å²) in [6.45, 7) is 12.7. The summed E-state index contributed by atoms with van der Waals surface area (Å²) in [7, 11) is 0. The minimum Gasteiger partial charge on any atom is -0.494 e. The van der Waals surface area contributed by atoms with Crippen LogP contribution in [-0.2, 0) is 0 Å². The lowest BCUT2D eigenvalue weighted by Gasteiger charge is -2.34. The van der Waals surface area contributed by atoms with Gasteiger partial charge in [0.05, 0.1) is 18.2 Å². The summed E-state index contributed by atoms with van der Waals surface area (Å²) in [6, 6.07) is 13.1. The van der Waals surface area contributed by atoms with E-state index in [4.69, 9.17) is 9.26 Å². The summed E-state index contributed by atoms with van der Waals surface area (Å²) in [5.41, 5.74) is 5.63. The number of benzene rings is 2. The minimum absolute atomic E-state index is 0.189. The molecule has 4 rings (SSSR count). The molecule has 1 N–H and O–H groups in total. The number of carbonyl (C=O) groups excluding carboxylic acids is 1. The summed E-state index contributed by atoms with van der Waals surface area (Å²) >= 11 is 0. The van der Waals surface area contributed by atoms with Crippen molar-refractivity contribution >= 4 is 11.6 Å². The van der Waals surface area contributed by atoms with Gasteiger partial charge in [0.15, 0.2) is 0 Å². The van der Waals surface area contributed by atoms with E-state index in [1.807, 2.05) is 44.2 Å². The van der Waals surface area contributed by atoms with E-state index in [-0.39, 0.29) is 6.03 Å². The maximum Gasteiger partial charge on any atom is 0.322 e. The van der Waals surface area contributed by atoms with Gasteiger partial charge in [0.2, 0.25) is 5.82 Å². The number of amides is 2. The highest BCUT2D eigenvalue weighted by atomic mass is 16.5. The van der Waals surface area contributed by atoms with Crippen LogP contribution in [0.4, 0.5) is 4.79 Å². The Balaban J connectivity index is 1.77. The molecule has 7 nitrogen and oxygen atoms in total. The third-order valence-electron chi connectivity index (χ3n) is 5.85. The van der Waals surface area contributed by atoms with Crippen LogP contribution < -0.4 is 10.1 Å². The van der Waals surface area contributed by atoms with Crippen molar-refractivity contribution in [3.8, 4) is 17.1 Å². The Labute approximate surface area is 193 Å². The second-order valence-corrected chi connectivity index (χ2v) is 8.01. The largest absolute Gasteiger partial charge is 0.494 e. The van der Waals surface area contributed by atoms with Crippen molar-refractivity contribution in [2.75, 3.05) is 13.2 Å². The molecule has 0 bridgehead atoms. The van der Waals surface area contributed by atoms with Gasteiger partial charge in [0.25, 0.3) is 5.89 Å². The molecular weight excluding hydrogens is 416 g/mol. The second kappa shape index (κ2) is 9.32. The van der Waals surface area contributed by atoms with Crippen LogP contribution in [0.1, 0.15) is 42.5 Å². The number of hydrogen-bond donors (Lipinski definition) is 1. The predicted octanol–water partition coefficient (Wildman–Crippen LogP) is 5.44. The van der Waals surface area contributed by atoms with Crippen LogP contribution in [0.5, 0.6) is 5.75 Å². The van der Waals surface area contributed by atoms with Crippen molar-refractivity contribution < 1.29 is 14.1 Å². The van der Waals surface area contributed by atoms with Crippen LogP contribution >= 0.6 is 0 Å². The summed E-state index contributed by atoms with van der Waals surface area (Å²) in [5, 5.41) is 7.31. The molecule has 7 heteroatoms. The van der Waals surface area contributed by atoms with E-state index in [1.165, 1.54) is 5.56 Å². The number of aryl methyl sites for hydroxylation is 2. The molecule has 0 saturated heterocycles. The minimum atomic E-state index is -0.411. The van der Waals surface area contributed by atoms with Gasteiger partial charge in [-0.2, -0.15) is 4.98 Å². The Morgan fingerprint density at radius 2 is 1.91 bits per heavy atom. The number of aromatic nitrogens is 2. The summed E-state index contributed by atoms with van der Waals surface area (Å²) in [6.07, 6.45) is 1.69. The number of allylic oxidation sites excluding steroid dienone is 1. The Morgan fingerprint density at radius 1 is 1.15 bits per heavy atom. The molecule has 33 heavy (non-hydrogen) atoms. The van der Waals surface area contributed by atoms with Gasteiger partial charge in [-0.15, -0.1) is 6.58 Å². The van der Waals surface area contributed by atoms with Crippen LogP contribution in [0.25, 0.3) is 17.0 Å². The fraction of sp³-hybridized carbons (Fsp3) is 0.269. The van der Waals surface area contributed by atoms with E-state index in [0.717, 1.165) is 33.7 Å². The van der Waals surface area contributed by atoms with Gasteiger partial charge in [-0.1, -0.05) is 29.4 Å². The molecule has 2 heterocycles. The van der Waals surface area contributed by atoms with Gasteiger partial charge < -0.3 is 14.6 Å². The molecule has 2 amide bonds. The van der Waals surface area contributed by atoms with E-state index < -0.39 is 6.04 Å². The molecule has 1 aliphatic heterocycles. The first-order valence-electron chi connectivity index (χ1n) is 11.0. The first-order chi connectivity index (χ1) is 15.9. The maximum atomic E-state index is 12.9. The highest BCUT2D eigenvalue weighted by molar-refractivity contribution is 5.87. The first kappa shape index (κ1) is 22.3. The fourth-order valence-corrected chi connectivity index (χ4v) is 3.92. The van der Waals surface area contributed by atoms with Gasteiger partial charge in [-0.3, -0.25) is 4.90 Å². The lowest BCUT2D eigenvalue weighted by Crippen LogP contribution is -2.46. The van der Waals surface area contributed by atoms with Crippen LogP contribution in [0.15, 0.2) is 65.3 Å². The molecule has 3 aromatic rings. The van der Waals surface area contributed by atoms with Gasteiger partial charge in [-0.05, 0) is 68.7 Å². The standard InChI is InChI=1S/C26H28N4O3/c1-6-14-30-18(5)22(23(27-26(30)31)20-9-8-16(3)17(4)15-20)25-28-24(29-33-25)19-10-12-21(13-11-19)32-7-2/h6,8-13,15,23H,1,7,14H2,2-5H3,(H,27,31). The van der Waals surface area contributed by atoms with Crippen molar-refractivity contribution in [2.45, 2.75) is 33.7 Å². The van der Waals surface area contributed by atoms with Crippen molar-refractivity contribution in [1.82, 2.24) is 20.4 Å². The molecule has 0 radical (unpaired) electrons. The van der Waals surface area contributed by atoms with E-state index in [9.17, 15) is 4.79 Å². The lowest BCUT2D eigenvalue weighted by molar-refractivity contribution is 0.209. The number of carbonyl (C=O) groups is 1. The average Bonchev–Trinajstić information content (AvgIpc) is 3.28. The van der Waals surface area contributed by atoms with Crippen molar-refractivity contribution in [1.29, 1.82) is 0 Å². The zero-order valence-electron chi connectivity index (χ0n) is 19.4. The normalized spacial score (nSPS) is 16.1. The van der Waals surface area contributed by atoms with Crippen LogP contribution in [0, 0.1) is 13.8 Å². The van der Waals surface area contributed by atoms with E-state index in [1.54, 1.807) is 11.0 Å². The van der Waals surface area contributed by atoms with Crippen molar-refractivity contribution in [3.05, 3.63) is 83.4 Å². The number of rotatable bonds is 7. The van der Waals surface area contributed by atoms with Gasteiger partial charge in [0.1, 0.15) is 5.75 Å². The molecule has 2 aromatic carbocycles. The Hall–Kier alpha value is -3.87. The number of nitrogens with zero attached hydrogens (tertiary/aromatic N) is 3. The zero-order valence-corrected chi connectivity index (χ0v) is 19.4.